The highest BCUT2D eigenvalue weighted by Crippen LogP contribution is 2.34. The second-order valence-electron chi connectivity index (χ2n) is 8.29. The van der Waals surface area contributed by atoms with E-state index in [9.17, 15) is 9.59 Å². The second-order valence-corrected chi connectivity index (χ2v) is 8.29. The molecule has 0 unspecified atom stereocenters. The molecule has 0 bridgehead atoms. The van der Waals surface area contributed by atoms with E-state index >= 15 is 0 Å². The maximum Gasteiger partial charge on any atom is 0.251 e. The van der Waals surface area contributed by atoms with Crippen molar-refractivity contribution in [3.8, 4) is 5.88 Å². The van der Waals surface area contributed by atoms with Crippen LogP contribution in [0, 0.1) is 5.92 Å². The van der Waals surface area contributed by atoms with Gasteiger partial charge < -0.3 is 20.7 Å². The first-order chi connectivity index (χ1) is 16.6. The minimum Gasteiger partial charge on any atom is -0.478 e. The van der Waals surface area contributed by atoms with Gasteiger partial charge in [-0.05, 0) is 68.1 Å². The Morgan fingerprint density at radius 1 is 1.00 bits per heavy atom. The van der Waals surface area contributed by atoms with Gasteiger partial charge in [0.1, 0.15) is 6.04 Å². The zero-order valence-corrected chi connectivity index (χ0v) is 19.2. The molecule has 0 radical (unpaired) electrons. The zero-order chi connectivity index (χ0) is 23.8. The van der Waals surface area contributed by atoms with Gasteiger partial charge in [-0.25, -0.2) is 4.98 Å². The number of carbonyl (C=O) groups is 2. The number of rotatable bonds is 11. The highest BCUT2D eigenvalue weighted by Gasteiger charge is 2.27. The van der Waals surface area contributed by atoms with Crippen LogP contribution in [0.3, 0.4) is 0 Å². The number of pyridine rings is 2. The number of hydrogen-bond donors (Lipinski definition) is 3. The van der Waals surface area contributed by atoms with Gasteiger partial charge >= 0.3 is 0 Å². The molecule has 8 heteroatoms. The molecule has 2 aromatic heterocycles. The molecule has 1 fully saturated rings. The Balaban J connectivity index is 1.38. The van der Waals surface area contributed by atoms with Crippen molar-refractivity contribution in [1.82, 2.24) is 15.3 Å². The smallest absolute Gasteiger partial charge is 0.251 e. The van der Waals surface area contributed by atoms with E-state index in [4.69, 9.17) is 4.74 Å². The Kier molecular flexibility index (Phi) is 7.70. The van der Waals surface area contributed by atoms with Crippen LogP contribution >= 0.6 is 0 Å². The molecule has 1 aliphatic rings. The largest absolute Gasteiger partial charge is 0.478 e. The van der Waals surface area contributed by atoms with Gasteiger partial charge in [-0.3, -0.25) is 14.6 Å². The van der Waals surface area contributed by atoms with E-state index in [0.717, 1.165) is 17.8 Å². The third-order valence-electron chi connectivity index (χ3n) is 5.59. The highest BCUT2D eigenvalue weighted by molar-refractivity contribution is 6.01. The van der Waals surface area contributed by atoms with Gasteiger partial charge in [-0.15, -0.1) is 0 Å². The van der Waals surface area contributed by atoms with Gasteiger partial charge in [0.05, 0.1) is 18.5 Å². The lowest BCUT2D eigenvalue weighted by Gasteiger charge is -2.19. The third-order valence-corrected chi connectivity index (χ3v) is 5.59. The first-order valence-corrected chi connectivity index (χ1v) is 11.6. The number of aromatic nitrogens is 2. The number of amides is 2. The number of nitrogens with one attached hydrogen (secondary N) is 3. The van der Waals surface area contributed by atoms with Crippen molar-refractivity contribution in [3.63, 3.8) is 0 Å². The predicted molar refractivity (Wildman–Crippen MR) is 131 cm³/mol. The molecule has 8 nitrogen and oxygen atoms in total. The van der Waals surface area contributed by atoms with Crippen molar-refractivity contribution >= 4 is 28.9 Å². The van der Waals surface area contributed by atoms with Gasteiger partial charge in [-0.1, -0.05) is 12.8 Å². The minimum atomic E-state index is -0.630. The molecule has 3 N–H and O–H groups in total. The summed E-state index contributed by atoms with van der Waals surface area (Å²) in [6, 6.07) is 13.7. The predicted octanol–water partition coefficient (Wildman–Crippen LogP) is 4.55. The summed E-state index contributed by atoms with van der Waals surface area (Å²) in [4.78, 5) is 34.1. The summed E-state index contributed by atoms with van der Waals surface area (Å²) in [5, 5.41) is 9.03. The van der Waals surface area contributed by atoms with Crippen molar-refractivity contribution in [3.05, 3.63) is 72.7 Å². The quantitative estimate of drug-likeness (QED) is 0.389. The monoisotopic (exact) mass is 459 g/mol. The maximum atomic E-state index is 13.0. The van der Waals surface area contributed by atoms with Crippen molar-refractivity contribution < 1.29 is 14.3 Å². The Morgan fingerprint density at radius 2 is 1.71 bits per heavy atom. The van der Waals surface area contributed by atoms with Crippen LogP contribution in [0.25, 0.3) is 0 Å². The normalized spacial score (nSPS) is 13.6. The summed E-state index contributed by atoms with van der Waals surface area (Å²) in [5.74, 6) is 0.617. The van der Waals surface area contributed by atoms with E-state index in [1.165, 1.54) is 12.8 Å². The van der Waals surface area contributed by atoms with Gasteiger partial charge in [0.2, 0.25) is 11.8 Å². The van der Waals surface area contributed by atoms with E-state index in [1.54, 1.807) is 42.9 Å². The highest BCUT2D eigenvalue weighted by atomic mass is 16.5. The maximum absolute atomic E-state index is 13.0. The average Bonchev–Trinajstić information content (AvgIpc) is 3.69. The first kappa shape index (κ1) is 23.2. The summed E-state index contributed by atoms with van der Waals surface area (Å²) in [6.45, 7) is 2.41. The number of anilines is 3. The summed E-state index contributed by atoms with van der Waals surface area (Å²) in [6.07, 6.45) is 8.86. The molecule has 4 rings (SSSR count). The van der Waals surface area contributed by atoms with E-state index in [0.29, 0.717) is 36.1 Å². The summed E-state index contributed by atoms with van der Waals surface area (Å²) in [7, 11) is 0. The van der Waals surface area contributed by atoms with Crippen LogP contribution in [-0.2, 0) is 4.79 Å². The number of ether oxygens (including phenoxy) is 1. The number of carbonyl (C=O) groups excluding carboxylic acids is 2. The molecule has 3 aromatic rings. The van der Waals surface area contributed by atoms with E-state index < -0.39 is 6.04 Å². The minimum absolute atomic E-state index is 0.254. The van der Waals surface area contributed by atoms with Crippen LogP contribution in [-0.4, -0.2) is 34.4 Å². The molecule has 1 saturated carbocycles. The second kappa shape index (κ2) is 11.3. The van der Waals surface area contributed by atoms with Gasteiger partial charge in [-0.2, -0.15) is 0 Å². The molecule has 34 heavy (non-hydrogen) atoms. The average molecular weight is 460 g/mol. The fourth-order valence-corrected chi connectivity index (χ4v) is 3.54. The number of nitrogens with zero attached hydrogens (tertiary/aromatic N) is 2. The van der Waals surface area contributed by atoms with E-state index in [1.807, 2.05) is 31.2 Å². The topological polar surface area (TPSA) is 105 Å². The molecule has 0 saturated heterocycles. The molecule has 176 valence electrons. The Labute approximate surface area is 199 Å². The lowest BCUT2D eigenvalue weighted by atomic mass is 10.1. The van der Waals surface area contributed by atoms with Crippen LogP contribution in [0.15, 0.2) is 67.1 Å². The Morgan fingerprint density at radius 3 is 2.35 bits per heavy atom. The number of hydrogen-bond acceptors (Lipinski definition) is 6. The Hall–Kier alpha value is -3.94. The Bertz CT molecular complexity index is 1080. The van der Waals surface area contributed by atoms with E-state index in [2.05, 4.69) is 25.9 Å². The fourth-order valence-electron chi connectivity index (χ4n) is 3.54. The lowest BCUT2D eigenvalue weighted by molar-refractivity contribution is -0.118. The molecule has 0 aliphatic heterocycles. The first-order valence-electron chi connectivity index (χ1n) is 11.6. The van der Waals surface area contributed by atoms with Crippen molar-refractivity contribution in [1.29, 1.82) is 0 Å². The summed E-state index contributed by atoms with van der Waals surface area (Å²) in [5.41, 5.74) is 2.82. The molecule has 2 heterocycles. The van der Waals surface area contributed by atoms with Crippen LogP contribution in [0.2, 0.25) is 0 Å². The van der Waals surface area contributed by atoms with Crippen molar-refractivity contribution in [2.75, 3.05) is 17.2 Å². The molecule has 1 aliphatic carbocycles. The third kappa shape index (κ3) is 6.78. The molecule has 0 spiro atoms. The van der Waals surface area contributed by atoms with Crippen LogP contribution < -0.4 is 20.7 Å². The van der Waals surface area contributed by atoms with Crippen LogP contribution in [0.4, 0.5) is 17.1 Å². The van der Waals surface area contributed by atoms with Crippen molar-refractivity contribution in [2.24, 2.45) is 5.92 Å². The molecule has 1 aromatic carbocycles. The van der Waals surface area contributed by atoms with Gasteiger partial charge in [0, 0.05) is 35.4 Å². The van der Waals surface area contributed by atoms with Gasteiger partial charge in [0.15, 0.2) is 0 Å². The SMILES string of the molecule is CCOc1ccc(NC(=O)[C@H](CCC2CC2)NC(=O)c2ccc(Nc3ccncc3)cc2)cn1. The summed E-state index contributed by atoms with van der Waals surface area (Å²) >= 11 is 0. The zero-order valence-electron chi connectivity index (χ0n) is 19.2. The van der Waals surface area contributed by atoms with Crippen LogP contribution in [0.5, 0.6) is 5.88 Å². The van der Waals surface area contributed by atoms with Gasteiger partial charge in [0.25, 0.3) is 5.91 Å². The molecule has 2 amide bonds. The lowest BCUT2D eigenvalue weighted by Crippen LogP contribution is -2.43. The fraction of sp³-hybridized carbons (Fsp3) is 0.308. The summed E-state index contributed by atoms with van der Waals surface area (Å²) < 4.78 is 5.34. The molecule has 1 atom stereocenters. The van der Waals surface area contributed by atoms with Crippen LogP contribution in [0.1, 0.15) is 43.0 Å². The number of benzene rings is 1. The van der Waals surface area contributed by atoms with E-state index in [-0.39, 0.29) is 11.8 Å². The molecular formula is C26H29N5O3. The van der Waals surface area contributed by atoms with Crippen molar-refractivity contribution in [2.45, 2.75) is 38.6 Å². The standard InChI is InChI=1S/C26H29N5O3/c1-2-34-24-12-10-22(17-28-24)30-26(33)23(11-5-18-3-4-18)31-25(32)19-6-8-20(9-7-19)29-21-13-15-27-16-14-21/h6-10,12-18,23H,2-5,11H2,1H3,(H,27,29)(H,30,33)(H,31,32)/t23-/m0/s1. The molecular weight excluding hydrogens is 430 g/mol.